The number of nitrogens with zero attached hydrogens (tertiary/aromatic N) is 5. The summed E-state index contributed by atoms with van der Waals surface area (Å²) in [6.07, 6.45) is 0.177. The fourth-order valence-electron chi connectivity index (χ4n) is 6.41. The molecule has 4 aromatic rings. The average Bonchev–Trinajstić information content (AvgIpc) is 3.62. The number of aliphatic hydroxyl groups excluding tert-OH is 1. The van der Waals surface area contributed by atoms with Crippen molar-refractivity contribution in [3.8, 4) is 17.2 Å². The van der Waals surface area contributed by atoms with Crippen LogP contribution in [0, 0.1) is 23.1 Å². The van der Waals surface area contributed by atoms with Crippen LogP contribution >= 0.6 is 22.9 Å². The second kappa shape index (κ2) is 14.2. The van der Waals surface area contributed by atoms with Gasteiger partial charge in [0.05, 0.1) is 45.9 Å². The summed E-state index contributed by atoms with van der Waals surface area (Å²) in [6, 6.07) is 4.97. The molecule has 2 N–H and O–H groups in total. The first-order valence-corrected chi connectivity index (χ1v) is 18.1. The second-order valence-electron chi connectivity index (χ2n) is 15.0. The molecule has 2 aliphatic heterocycles. The molecular weight excluding hydrogens is 711 g/mol. The number of rotatable bonds is 4. The molecule has 0 aliphatic carbocycles. The Morgan fingerprint density at radius 2 is 1.87 bits per heavy atom. The summed E-state index contributed by atoms with van der Waals surface area (Å²) < 4.78 is 32.6. The van der Waals surface area contributed by atoms with Gasteiger partial charge in [0.15, 0.2) is 11.6 Å². The summed E-state index contributed by atoms with van der Waals surface area (Å²) in [7, 11) is 0. The van der Waals surface area contributed by atoms with Gasteiger partial charge in [-0.3, -0.25) is 5.32 Å². The molecule has 1 saturated heterocycles. The van der Waals surface area contributed by atoms with Crippen molar-refractivity contribution in [3.05, 3.63) is 45.5 Å². The van der Waals surface area contributed by atoms with Crippen LogP contribution in [0.5, 0.6) is 0 Å². The van der Waals surface area contributed by atoms with E-state index < -0.39 is 35.8 Å². The van der Waals surface area contributed by atoms with Gasteiger partial charge in [0, 0.05) is 23.2 Å². The Hall–Kier alpha value is -4.42. The first-order valence-electron chi connectivity index (χ1n) is 16.9. The Kier molecular flexibility index (Phi) is 10.2. The molecule has 4 heterocycles. The monoisotopic (exact) mass is 750 g/mol. The van der Waals surface area contributed by atoms with Crippen molar-refractivity contribution in [1.29, 1.82) is 5.26 Å². The van der Waals surface area contributed by atoms with Crippen molar-refractivity contribution < 1.29 is 33.3 Å². The fourth-order valence-corrected chi connectivity index (χ4v) is 7.83. The minimum atomic E-state index is -0.797. The van der Waals surface area contributed by atoms with E-state index in [1.807, 2.05) is 20.8 Å². The Balaban J connectivity index is 1.53. The largest absolute Gasteiger partial charge is 0.444 e. The van der Waals surface area contributed by atoms with Crippen molar-refractivity contribution in [3.63, 3.8) is 0 Å². The molecule has 0 spiro atoms. The van der Waals surface area contributed by atoms with Gasteiger partial charge >= 0.3 is 12.2 Å². The molecular formula is C37H40ClFN6O6S. The molecule has 52 heavy (non-hydrogen) atoms. The minimum absolute atomic E-state index is 0.0483. The molecule has 1 unspecified atom stereocenters. The molecule has 2 aromatic heterocycles. The zero-order valence-corrected chi connectivity index (χ0v) is 31.6. The number of nitriles is 1. The number of carbonyl (C=O) groups is 2. The van der Waals surface area contributed by atoms with Gasteiger partial charge in [-0.05, 0) is 83.1 Å². The highest BCUT2D eigenvalue weighted by Gasteiger charge is 2.32. The number of thiophene rings is 1. The third-order valence-corrected chi connectivity index (χ3v) is 9.98. The van der Waals surface area contributed by atoms with Crippen molar-refractivity contribution in [2.24, 2.45) is 10.9 Å². The first kappa shape index (κ1) is 37.3. The van der Waals surface area contributed by atoms with Gasteiger partial charge in [-0.2, -0.15) is 5.26 Å². The van der Waals surface area contributed by atoms with Crippen LogP contribution in [0.25, 0.3) is 32.1 Å². The molecule has 0 bridgehead atoms. The van der Waals surface area contributed by atoms with Crippen LogP contribution in [0.3, 0.4) is 0 Å². The van der Waals surface area contributed by atoms with Gasteiger partial charge in [0.1, 0.15) is 34.7 Å². The van der Waals surface area contributed by atoms with Crippen LogP contribution < -0.4 is 5.32 Å². The normalized spacial score (nSPS) is 17.3. The number of amides is 2. The highest BCUT2D eigenvalue weighted by Crippen LogP contribution is 2.49. The number of hydrogen-bond donors (Lipinski definition) is 2. The van der Waals surface area contributed by atoms with Crippen molar-refractivity contribution >= 4 is 72.6 Å². The molecule has 12 nitrogen and oxygen atoms in total. The number of aliphatic imine (C=N–C) groups is 1. The van der Waals surface area contributed by atoms with Crippen LogP contribution in [0.4, 0.5) is 24.8 Å². The zero-order valence-electron chi connectivity index (χ0n) is 30.1. The SMILES string of the molecule is CC1CCC(=Nc2nc(CO)nc3c(Cl)c(-c4ccc(F)c5sc(NC(=O)OC(C)(C)C)c(C#N)c45)c4c(c23)COC4)CN(C(=O)OC(C)(C)C)C1. The van der Waals surface area contributed by atoms with Crippen LogP contribution in [-0.2, 0) is 34.0 Å². The number of benzene rings is 2. The van der Waals surface area contributed by atoms with E-state index in [0.717, 1.165) is 17.8 Å². The number of carbonyl (C=O) groups excluding carboxylic acids is 2. The number of ether oxygens (including phenoxy) is 3. The van der Waals surface area contributed by atoms with Gasteiger partial charge in [0.25, 0.3) is 0 Å². The average molecular weight is 751 g/mol. The zero-order chi connectivity index (χ0) is 37.7. The number of nitrogens with one attached hydrogen (secondary N) is 1. The van der Waals surface area contributed by atoms with Crippen molar-refractivity contribution in [2.75, 3.05) is 18.4 Å². The lowest BCUT2D eigenvalue weighted by Crippen LogP contribution is -2.40. The van der Waals surface area contributed by atoms with E-state index in [1.54, 1.807) is 31.7 Å². The quantitative estimate of drug-likeness (QED) is 0.208. The van der Waals surface area contributed by atoms with Gasteiger partial charge in [-0.15, -0.1) is 11.3 Å². The molecule has 6 rings (SSSR count). The maximum atomic E-state index is 15.4. The standard InChI is InChI=1S/C37H40ClFN6O6S/c1-18-8-9-19(14-45(13-18)35(48)51-37(5,6)7)41-32-28-23-17-49-16-22(23)26(29(38)30(28)42-25(15-46)43-32)20-10-11-24(39)31-27(20)21(12-40)33(52-31)44-34(47)50-36(2,3)4/h10-11,18,46H,8-9,13-17H2,1-7H3,(H,44,47). The predicted octanol–water partition coefficient (Wildman–Crippen LogP) is 8.78. The van der Waals surface area contributed by atoms with Crippen LogP contribution in [0.1, 0.15) is 83.8 Å². The number of aliphatic hydroxyl groups is 1. The highest BCUT2D eigenvalue weighted by atomic mass is 35.5. The number of anilines is 1. The van der Waals surface area contributed by atoms with Gasteiger partial charge in [-0.25, -0.2) is 28.9 Å². The maximum absolute atomic E-state index is 15.4. The number of hydrogen-bond acceptors (Lipinski definition) is 11. The summed E-state index contributed by atoms with van der Waals surface area (Å²) in [5, 5.41) is 24.3. The van der Waals surface area contributed by atoms with Gasteiger partial charge < -0.3 is 24.2 Å². The molecule has 1 fully saturated rings. The first-order chi connectivity index (χ1) is 24.5. The molecule has 15 heteroatoms. The topological polar surface area (TPSA) is 159 Å². The summed E-state index contributed by atoms with van der Waals surface area (Å²) in [6.45, 7) is 13.2. The number of aromatic nitrogens is 2. The third-order valence-electron chi connectivity index (χ3n) is 8.50. The van der Waals surface area contributed by atoms with E-state index >= 15 is 4.39 Å². The number of halogens is 2. The van der Waals surface area contributed by atoms with Crippen LogP contribution in [0.2, 0.25) is 5.02 Å². The van der Waals surface area contributed by atoms with E-state index in [0.29, 0.717) is 51.8 Å². The molecule has 274 valence electrons. The van der Waals surface area contributed by atoms with Crippen molar-refractivity contribution in [1.82, 2.24) is 14.9 Å². The number of fused-ring (bicyclic) bond motifs is 4. The van der Waals surface area contributed by atoms with E-state index in [-0.39, 0.29) is 63.0 Å². The number of likely N-dealkylation sites (tertiary alicyclic amines) is 1. The Morgan fingerprint density at radius 3 is 2.54 bits per heavy atom. The highest BCUT2D eigenvalue weighted by molar-refractivity contribution is 7.23. The van der Waals surface area contributed by atoms with E-state index in [1.165, 1.54) is 6.07 Å². The Bertz CT molecular complexity index is 2180. The second-order valence-corrected chi connectivity index (χ2v) is 16.4. The van der Waals surface area contributed by atoms with E-state index in [2.05, 4.69) is 28.3 Å². The van der Waals surface area contributed by atoms with Crippen LogP contribution in [-0.4, -0.2) is 62.2 Å². The van der Waals surface area contributed by atoms with Crippen LogP contribution in [0.15, 0.2) is 17.1 Å². The van der Waals surface area contributed by atoms with Crippen molar-refractivity contribution in [2.45, 2.75) is 92.3 Å². The summed E-state index contributed by atoms with van der Waals surface area (Å²) in [4.78, 5) is 41.7. The lowest BCUT2D eigenvalue weighted by atomic mass is 9.91. The third kappa shape index (κ3) is 7.54. The summed E-state index contributed by atoms with van der Waals surface area (Å²) in [5.74, 6) is -0.0264. The van der Waals surface area contributed by atoms with Gasteiger partial charge in [-0.1, -0.05) is 24.6 Å². The maximum Gasteiger partial charge on any atom is 0.412 e. The summed E-state index contributed by atoms with van der Waals surface area (Å²) in [5.41, 5.74) is 1.90. The Morgan fingerprint density at radius 1 is 1.15 bits per heavy atom. The molecule has 1 atom stereocenters. The van der Waals surface area contributed by atoms with Gasteiger partial charge in [0.2, 0.25) is 0 Å². The smallest absolute Gasteiger partial charge is 0.412 e. The Labute approximate surface area is 309 Å². The molecule has 2 aromatic carbocycles. The molecule has 2 aliphatic rings. The predicted molar refractivity (Wildman–Crippen MR) is 198 cm³/mol. The lowest BCUT2D eigenvalue weighted by molar-refractivity contribution is 0.0260. The lowest BCUT2D eigenvalue weighted by Gasteiger charge is -2.27. The summed E-state index contributed by atoms with van der Waals surface area (Å²) >= 11 is 8.18. The molecule has 0 saturated carbocycles. The fraction of sp³-hybridized carbons (Fsp3) is 0.459. The molecule has 0 radical (unpaired) electrons. The van der Waals surface area contributed by atoms with E-state index in [9.17, 15) is 20.0 Å². The van der Waals surface area contributed by atoms with E-state index in [4.69, 9.17) is 30.8 Å². The molecule has 2 amide bonds. The minimum Gasteiger partial charge on any atom is -0.444 e.